The van der Waals surface area contributed by atoms with Crippen molar-refractivity contribution in [1.29, 1.82) is 0 Å². The molecule has 1 aromatic rings. The normalized spacial score (nSPS) is 22.8. The van der Waals surface area contributed by atoms with Gasteiger partial charge in [-0.1, -0.05) is 6.07 Å². The fourth-order valence-electron chi connectivity index (χ4n) is 2.90. The van der Waals surface area contributed by atoms with Gasteiger partial charge in [-0.25, -0.2) is 4.39 Å². The highest BCUT2D eigenvalue weighted by molar-refractivity contribution is 6.59. The molecule has 110 valence electrons. The van der Waals surface area contributed by atoms with E-state index in [2.05, 4.69) is 4.90 Å². The number of hydrogen-bond donors (Lipinski definition) is 2. The third-order valence-electron chi connectivity index (χ3n) is 3.42. The first-order valence-corrected chi connectivity index (χ1v) is 6.81. The zero-order chi connectivity index (χ0) is 14.9. The summed E-state index contributed by atoms with van der Waals surface area (Å²) in [5.74, 6) is -0.465. The molecule has 1 atom stereocenters. The van der Waals surface area contributed by atoms with Crippen LogP contribution in [0.2, 0.25) is 0 Å². The maximum absolute atomic E-state index is 13.2. The average molecular weight is 281 g/mol. The Morgan fingerprint density at radius 2 is 2.15 bits per heavy atom. The number of rotatable bonds is 3. The maximum Gasteiger partial charge on any atom is 0.488 e. The smallest absolute Gasteiger partial charge is 0.423 e. The summed E-state index contributed by atoms with van der Waals surface area (Å²) in [6, 6.07) is 4.13. The second-order valence-corrected chi connectivity index (χ2v) is 6.07. The number of benzene rings is 1. The highest BCUT2D eigenvalue weighted by Crippen LogP contribution is 2.22. The van der Waals surface area contributed by atoms with E-state index in [0.29, 0.717) is 6.54 Å². The number of morpholine rings is 1. The van der Waals surface area contributed by atoms with E-state index < -0.39 is 12.9 Å². The Morgan fingerprint density at radius 3 is 2.75 bits per heavy atom. The second kappa shape index (κ2) is 5.81. The highest BCUT2D eigenvalue weighted by Gasteiger charge is 2.31. The molecule has 1 aliphatic heterocycles. The summed E-state index contributed by atoms with van der Waals surface area (Å²) in [6.45, 7) is 8.13. The third-order valence-corrected chi connectivity index (χ3v) is 3.42. The minimum atomic E-state index is -1.66. The molecule has 0 aromatic heterocycles. The van der Waals surface area contributed by atoms with Gasteiger partial charge in [-0.05, 0) is 43.9 Å². The van der Waals surface area contributed by atoms with Gasteiger partial charge < -0.3 is 14.8 Å². The van der Waals surface area contributed by atoms with Gasteiger partial charge >= 0.3 is 7.12 Å². The Balaban J connectivity index is 2.17. The first kappa shape index (κ1) is 15.4. The first-order chi connectivity index (χ1) is 9.27. The molecule has 20 heavy (non-hydrogen) atoms. The Kier molecular flexibility index (Phi) is 4.49. The first-order valence-electron chi connectivity index (χ1n) is 6.81. The Morgan fingerprint density at radius 1 is 1.45 bits per heavy atom. The molecule has 1 saturated heterocycles. The molecule has 1 aliphatic rings. The molecule has 0 bridgehead atoms. The van der Waals surface area contributed by atoms with Gasteiger partial charge in [-0.2, -0.15) is 0 Å². The number of nitrogens with zero attached hydrogens (tertiary/aromatic N) is 1. The molecule has 0 saturated carbocycles. The summed E-state index contributed by atoms with van der Waals surface area (Å²) in [7, 11) is -1.66. The van der Waals surface area contributed by atoms with Crippen LogP contribution in [-0.4, -0.2) is 46.9 Å². The molecule has 0 radical (unpaired) electrons. The SMILES string of the molecule is CC1CN(Cc2ccc(F)cc2B(O)O)CC(C)(C)O1. The summed E-state index contributed by atoms with van der Waals surface area (Å²) in [4.78, 5) is 2.19. The molecular formula is C14H21BFNO3. The average Bonchev–Trinajstić information content (AvgIpc) is 2.28. The van der Waals surface area contributed by atoms with Crippen molar-refractivity contribution in [3.05, 3.63) is 29.6 Å². The lowest BCUT2D eigenvalue weighted by Gasteiger charge is -2.42. The standard InChI is InChI=1S/C14H21BFNO3/c1-10-7-17(9-14(2,3)20-10)8-11-4-5-12(16)6-13(11)15(18)19/h4-6,10,18-19H,7-9H2,1-3H3. The van der Waals surface area contributed by atoms with E-state index in [9.17, 15) is 14.4 Å². The highest BCUT2D eigenvalue weighted by atomic mass is 19.1. The van der Waals surface area contributed by atoms with Gasteiger partial charge in [-0.15, -0.1) is 0 Å². The number of hydrogen-bond acceptors (Lipinski definition) is 4. The van der Waals surface area contributed by atoms with Gasteiger partial charge in [0.25, 0.3) is 0 Å². The van der Waals surface area contributed by atoms with Gasteiger partial charge in [0.1, 0.15) is 5.82 Å². The third kappa shape index (κ3) is 3.79. The molecule has 1 aromatic carbocycles. The molecule has 2 N–H and O–H groups in total. The molecule has 6 heteroatoms. The van der Waals surface area contributed by atoms with Gasteiger partial charge in [0.05, 0.1) is 11.7 Å². The van der Waals surface area contributed by atoms with E-state index >= 15 is 0 Å². The molecule has 0 spiro atoms. The van der Waals surface area contributed by atoms with Crippen molar-refractivity contribution in [2.24, 2.45) is 0 Å². The predicted molar refractivity (Wildman–Crippen MR) is 76.1 cm³/mol. The Hall–Kier alpha value is -0.945. The lowest BCUT2D eigenvalue weighted by molar-refractivity contribution is -0.130. The van der Waals surface area contributed by atoms with Crippen molar-refractivity contribution in [3.63, 3.8) is 0 Å². The lowest BCUT2D eigenvalue weighted by Crippen LogP contribution is -2.52. The van der Waals surface area contributed by atoms with Crippen LogP contribution in [0.15, 0.2) is 18.2 Å². The van der Waals surface area contributed by atoms with E-state index in [4.69, 9.17) is 4.74 Å². The van der Waals surface area contributed by atoms with E-state index in [1.54, 1.807) is 6.07 Å². The molecule has 2 rings (SSSR count). The minimum Gasteiger partial charge on any atom is -0.423 e. The lowest BCUT2D eigenvalue weighted by atomic mass is 9.76. The largest absolute Gasteiger partial charge is 0.488 e. The van der Waals surface area contributed by atoms with Crippen LogP contribution in [0.3, 0.4) is 0 Å². The summed E-state index contributed by atoms with van der Waals surface area (Å²) >= 11 is 0. The van der Waals surface area contributed by atoms with Crippen molar-refractivity contribution in [1.82, 2.24) is 4.90 Å². The Bertz CT molecular complexity index is 481. The second-order valence-electron chi connectivity index (χ2n) is 6.07. The van der Waals surface area contributed by atoms with Crippen LogP contribution in [-0.2, 0) is 11.3 Å². The molecule has 1 fully saturated rings. The van der Waals surface area contributed by atoms with Crippen LogP contribution in [0.25, 0.3) is 0 Å². The van der Waals surface area contributed by atoms with Crippen molar-refractivity contribution in [2.45, 2.75) is 39.0 Å². The van der Waals surface area contributed by atoms with Gasteiger partial charge in [0.2, 0.25) is 0 Å². The van der Waals surface area contributed by atoms with Gasteiger partial charge in [0.15, 0.2) is 0 Å². The van der Waals surface area contributed by atoms with E-state index in [-0.39, 0.29) is 17.2 Å². The summed E-state index contributed by atoms with van der Waals surface area (Å²) < 4.78 is 19.1. The van der Waals surface area contributed by atoms with E-state index in [1.807, 2.05) is 20.8 Å². The van der Waals surface area contributed by atoms with Crippen molar-refractivity contribution in [3.8, 4) is 0 Å². The summed E-state index contributed by atoms with van der Waals surface area (Å²) in [5.41, 5.74) is 0.712. The molecule has 1 heterocycles. The van der Waals surface area contributed by atoms with Crippen LogP contribution < -0.4 is 5.46 Å². The number of halogens is 1. The van der Waals surface area contributed by atoms with Crippen LogP contribution in [0.4, 0.5) is 4.39 Å². The van der Waals surface area contributed by atoms with E-state index in [0.717, 1.165) is 18.7 Å². The topological polar surface area (TPSA) is 52.9 Å². The zero-order valence-electron chi connectivity index (χ0n) is 12.1. The minimum absolute atomic E-state index is 0.113. The van der Waals surface area contributed by atoms with Crippen molar-refractivity contribution < 1.29 is 19.2 Å². The van der Waals surface area contributed by atoms with Crippen LogP contribution >= 0.6 is 0 Å². The van der Waals surface area contributed by atoms with Crippen LogP contribution in [0.5, 0.6) is 0 Å². The summed E-state index contributed by atoms with van der Waals surface area (Å²) in [6.07, 6.45) is 0.113. The van der Waals surface area contributed by atoms with Crippen LogP contribution in [0.1, 0.15) is 26.3 Å². The fraction of sp³-hybridized carbons (Fsp3) is 0.571. The van der Waals surface area contributed by atoms with Crippen molar-refractivity contribution in [2.75, 3.05) is 13.1 Å². The van der Waals surface area contributed by atoms with Crippen molar-refractivity contribution >= 4 is 12.6 Å². The molecule has 1 unspecified atom stereocenters. The molecule has 0 aliphatic carbocycles. The summed E-state index contributed by atoms with van der Waals surface area (Å²) in [5, 5.41) is 18.7. The van der Waals surface area contributed by atoms with Gasteiger partial charge in [0, 0.05) is 19.6 Å². The monoisotopic (exact) mass is 281 g/mol. The molecular weight excluding hydrogens is 260 g/mol. The number of ether oxygens (including phenoxy) is 1. The Labute approximate surface area is 119 Å². The predicted octanol–water partition coefficient (Wildman–Crippen LogP) is 0.505. The fourth-order valence-corrected chi connectivity index (χ4v) is 2.90. The zero-order valence-corrected chi connectivity index (χ0v) is 12.1. The molecule has 0 amide bonds. The molecule has 4 nitrogen and oxygen atoms in total. The van der Waals surface area contributed by atoms with Gasteiger partial charge in [-0.3, -0.25) is 4.90 Å². The quantitative estimate of drug-likeness (QED) is 0.792. The van der Waals surface area contributed by atoms with E-state index in [1.165, 1.54) is 12.1 Å². The van der Waals surface area contributed by atoms with Crippen LogP contribution in [0, 0.1) is 5.82 Å². The maximum atomic E-state index is 13.2.